The molecule has 0 radical (unpaired) electrons. The van der Waals surface area contributed by atoms with E-state index in [1.54, 1.807) is 0 Å². The van der Waals surface area contributed by atoms with Gasteiger partial charge in [-0.15, -0.1) is 0 Å². The number of fused-ring (bicyclic) bond motifs is 5. The Kier molecular flexibility index (Phi) is 15.6. The van der Waals surface area contributed by atoms with Crippen molar-refractivity contribution in [3.8, 4) is 78.6 Å². The van der Waals surface area contributed by atoms with Crippen molar-refractivity contribution >= 4 is 62.8 Å². The van der Waals surface area contributed by atoms with Gasteiger partial charge in [-0.3, -0.25) is 0 Å². The van der Waals surface area contributed by atoms with Crippen LogP contribution in [0, 0.1) is 0 Å². The van der Waals surface area contributed by atoms with E-state index in [1.165, 1.54) is 38.9 Å². The van der Waals surface area contributed by atoms with E-state index < -0.39 is 0 Å². The van der Waals surface area contributed by atoms with E-state index >= 15 is 0 Å². The molecular formula is C87H76ClN3O4. The molecule has 470 valence electrons. The minimum Gasteiger partial charge on any atom is -0.486 e. The van der Waals surface area contributed by atoms with Gasteiger partial charge >= 0.3 is 0 Å². The summed E-state index contributed by atoms with van der Waals surface area (Å²) in [5.41, 5.74) is 23.6. The zero-order valence-corrected chi connectivity index (χ0v) is 55.8. The minimum atomic E-state index is -0.201. The van der Waals surface area contributed by atoms with E-state index in [0.717, 1.165) is 90.1 Å². The third kappa shape index (κ3) is 11.5. The zero-order valence-electron chi connectivity index (χ0n) is 55.1. The normalized spacial score (nSPS) is 13.6. The van der Waals surface area contributed by atoms with Gasteiger partial charge in [-0.05, 0) is 163 Å². The lowest BCUT2D eigenvalue weighted by Crippen LogP contribution is -2.19. The molecule has 95 heavy (non-hydrogen) atoms. The van der Waals surface area contributed by atoms with E-state index in [4.69, 9.17) is 30.5 Å². The topological polar surface area (TPSA) is 46.6 Å². The Bertz CT molecular complexity index is 4620. The highest BCUT2D eigenvalue weighted by atomic mass is 35.5. The molecule has 0 amide bonds. The van der Waals surface area contributed by atoms with Crippen LogP contribution in [0.15, 0.2) is 267 Å². The summed E-state index contributed by atoms with van der Waals surface area (Å²) >= 11 is 8.59. The summed E-state index contributed by atoms with van der Waals surface area (Å²) in [6, 6.07) is 96.4. The predicted molar refractivity (Wildman–Crippen MR) is 394 cm³/mol. The molecule has 0 atom stereocenters. The van der Waals surface area contributed by atoms with Gasteiger partial charge in [-0.25, -0.2) is 0 Å². The van der Waals surface area contributed by atoms with Crippen molar-refractivity contribution in [2.45, 2.75) is 71.6 Å². The molecule has 0 spiro atoms. The Morgan fingerprint density at radius 2 is 0.642 bits per heavy atom. The first-order valence-corrected chi connectivity index (χ1v) is 33.3. The van der Waals surface area contributed by atoms with Crippen molar-refractivity contribution < 1.29 is 18.9 Å². The zero-order chi connectivity index (χ0) is 65.2. The first-order chi connectivity index (χ1) is 46.0. The molecule has 0 unspecified atom stereocenters. The van der Waals surface area contributed by atoms with Crippen molar-refractivity contribution in [1.29, 1.82) is 0 Å². The number of benzene rings is 12. The lowest BCUT2D eigenvalue weighted by molar-refractivity contribution is 0.172. The highest BCUT2D eigenvalue weighted by Gasteiger charge is 2.37. The van der Waals surface area contributed by atoms with E-state index in [0.29, 0.717) is 54.4 Å². The number of nitrogens with zero attached hydrogens (tertiary/aromatic N) is 3. The molecule has 2 heterocycles. The molecule has 1 aliphatic carbocycles. The third-order valence-electron chi connectivity index (χ3n) is 19.0. The molecule has 7 nitrogen and oxygen atoms in total. The van der Waals surface area contributed by atoms with E-state index in [9.17, 15) is 0 Å². The Balaban J connectivity index is 0.985. The summed E-state index contributed by atoms with van der Waals surface area (Å²) in [5.74, 6) is 2.69. The minimum absolute atomic E-state index is 0.111. The average molecular weight is 1260 g/mol. The van der Waals surface area contributed by atoms with Crippen molar-refractivity contribution in [2.24, 2.45) is 0 Å². The van der Waals surface area contributed by atoms with Gasteiger partial charge < -0.3 is 33.6 Å². The summed E-state index contributed by atoms with van der Waals surface area (Å²) < 4.78 is 25.8. The quantitative estimate of drug-likeness (QED) is 0.114. The molecule has 12 aromatic rings. The summed E-state index contributed by atoms with van der Waals surface area (Å²) in [4.78, 5) is 7.02. The van der Waals surface area contributed by atoms with Crippen molar-refractivity contribution in [1.82, 2.24) is 0 Å². The molecular weight excluding hydrogens is 1190 g/mol. The van der Waals surface area contributed by atoms with Gasteiger partial charge in [0.2, 0.25) is 0 Å². The summed E-state index contributed by atoms with van der Waals surface area (Å²) in [6.45, 7) is 20.0. The smallest absolute Gasteiger partial charge is 0.163 e. The molecule has 3 aliphatic rings. The van der Waals surface area contributed by atoms with E-state index in [2.05, 4.69) is 337 Å². The highest BCUT2D eigenvalue weighted by Crippen LogP contribution is 2.56. The maximum atomic E-state index is 8.59. The monoisotopic (exact) mass is 1260 g/mol. The van der Waals surface area contributed by atoms with Crippen LogP contribution in [0.5, 0.6) is 23.0 Å². The molecule has 0 saturated heterocycles. The van der Waals surface area contributed by atoms with Crippen LogP contribution < -0.4 is 33.6 Å². The van der Waals surface area contributed by atoms with Gasteiger partial charge in [0.1, 0.15) is 26.4 Å². The second-order valence-corrected chi connectivity index (χ2v) is 27.9. The number of rotatable bonds is 13. The maximum Gasteiger partial charge on any atom is 0.163 e. The van der Waals surface area contributed by atoms with Crippen molar-refractivity contribution in [3.05, 3.63) is 294 Å². The number of ether oxygens (including phenoxy) is 4. The van der Waals surface area contributed by atoms with Crippen LogP contribution in [0.3, 0.4) is 0 Å². The van der Waals surface area contributed by atoms with Gasteiger partial charge in [-0.2, -0.15) is 0 Å². The maximum absolute atomic E-state index is 8.59. The molecule has 2 aliphatic heterocycles. The van der Waals surface area contributed by atoms with Gasteiger partial charge in [-0.1, -0.05) is 237 Å². The van der Waals surface area contributed by atoms with Gasteiger partial charge in [0.05, 0.1) is 27.8 Å². The van der Waals surface area contributed by atoms with Crippen LogP contribution in [0.4, 0.5) is 51.2 Å². The van der Waals surface area contributed by atoms with Crippen LogP contribution in [0.2, 0.25) is 5.02 Å². The third-order valence-corrected chi connectivity index (χ3v) is 19.4. The summed E-state index contributed by atoms with van der Waals surface area (Å²) in [5, 5.41) is 0.514. The summed E-state index contributed by atoms with van der Waals surface area (Å²) in [7, 11) is 0. The first-order valence-electron chi connectivity index (χ1n) is 33.0. The van der Waals surface area contributed by atoms with E-state index in [-0.39, 0.29) is 16.2 Å². The van der Waals surface area contributed by atoms with E-state index in [1.807, 2.05) is 0 Å². The lowest BCUT2D eigenvalue weighted by atomic mass is 9.82. The van der Waals surface area contributed by atoms with Crippen LogP contribution in [0.1, 0.15) is 77.6 Å². The molecule has 0 bridgehead atoms. The summed E-state index contributed by atoms with van der Waals surface area (Å²) in [6.07, 6.45) is 0. The molecule has 0 aromatic heterocycles. The fourth-order valence-corrected chi connectivity index (χ4v) is 14.1. The van der Waals surface area contributed by atoms with Crippen LogP contribution in [-0.2, 0) is 16.2 Å². The fraction of sp³-hybridized carbons (Fsp3) is 0.172. The first kappa shape index (κ1) is 60.8. The number of halogens is 1. The Hall–Kier alpha value is -10.5. The molecule has 8 heteroatoms. The second-order valence-electron chi connectivity index (χ2n) is 27.5. The molecule has 0 saturated carbocycles. The molecule has 12 aromatic carbocycles. The fourth-order valence-electron chi connectivity index (χ4n) is 13.9. The number of hydrogen-bond donors (Lipinski definition) is 0. The Labute approximate surface area is 564 Å². The lowest BCUT2D eigenvalue weighted by Gasteiger charge is -2.35. The SMILES string of the molecule is CC(C)(C)c1ccc(N(c2cc3c(cc2-c2ccccc2)OCCO3)c2cc(-c3ccc(N(c4ccc(-c5ccccc5)cc4)c4ccc5c(c4)C(C)(C)c4ccccc4-5)cc3)cc(N(c3ccc(C(C)(C)C)cc3)c3cc4c(cc3-c3ccccc3)OCCO4)c2Cl)cc1. The largest absolute Gasteiger partial charge is 0.486 e. The average Bonchev–Trinajstić information content (AvgIpc) is 1.69. The highest BCUT2D eigenvalue weighted by molar-refractivity contribution is 6.37. The van der Waals surface area contributed by atoms with Gasteiger partial charge in [0, 0.05) is 57.1 Å². The van der Waals surface area contributed by atoms with Gasteiger partial charge in [0.25, 0.3) is 0 Å². The van der Waals surface area contributed by atoms with Crippen molar-refractivity contribution in [3.63, 3.8) is 0 Å². The second kappa shape index (κ2) is 24.5. The standard InChI is InChI=1S/C87H76ClN3O4/c1-85(2,3)63-32-40-67(41-33-63)90(76-55-82-80(92-46-48-94-82)53-72(76)60-22-14-10-15-23-60)78-50-62(51-79(84(78)88)91(68-42-34-64(35-43-68)86(4,5)6)77-56-83-81(93-47-49-95-83)54-73(77)61-24-16-11-17-25-61)59-30-38-66(39-31-59)89(65-36-28-58(29-37-65)57-20-12-9-13-21-57)69-44-45-71-70-26-18-19-27-74(70)87(7,8)75(71)52-69/h9-45,50-56H,46-49H2,1-8H3. The molecule has 0 N–H and O–H groups in total. The van der Waals surface area contributed by atoms with Crippen LogP contribution in [-0.4, -0.2) is 26.4 Å². The van der Waals surface area contributed by atoms with Gasteiger partial charge in [0.15, 0.2) is 23.0 Å². The van der Waals surface area contributed by atoms with Crippen LogP contribution >= 0.6 is 11.6 Å². The number of hydrogen-bond acceptors (Lipinski definition) is 7. The van der Waals surface area contributed by atoms with Crippen molar-refractivity contribution in [2.75, 3.05) is 41.1 Å². The molecule has 0 fully saturated rings. The molecule has 15 rings (SSSR count). The predicted octanol–water partition coefficient (Wildman–Crippen LogP) is 23.9. The Morgan fingerprint density at radius 3 is 1.08 bits per heavy atom. The van der Waals surface area contributed by atoms with Crippen LogP contribution in [0.25, 0.3) is 55.6 Å². The number of anilines is 9. The Morgan fingerprint density at radius 1 is 0.295 bits per heavy atom.